The van der Waals surface area contributed by atoms with Crippen LogP contribution in [0.3, 0.4) is 0 Å². The monoisotopic (exact) mass is 254 g/mol. The van der Waals surface area contributed by atoms with Gasteiger partial charge in [-0.05, 0) is 13.8 Å². The number of aromatic nitrogens is 4. The van der Waals surface area contributed by atoms with Crippen LogP contribution in [0.4, 0.5) is 0 Å². The summed E-state index contributed by atoms with van der Waals surface area (Å²) in [4.78, 5) is 17.4. The summed E-state index contributed by atoms with van der Waals surface area (Å²) in [5, 5.41) is 4.02. The number of aromatic amines is 1. The number of nitrogens with zero attached hydrogens (tertiary/aromatic N) is 3. The third-order valence-corrected chi connectivity index (χ3v) is 2.42. The van der Waals surface area contributed by atoms with Gasteiger partial charge < -0.3 is 9.72 Å². The van der Waals surface area contributed by atoms with Gasteiger partial charge in [-0.25, -0.2) is 4.98 Å². The number of hydrogen-bond acceptors (Lipinski definition) is 4. The van der Waals surface area contributed by atoms with Gasteiger partial charge >= 0.3 is 0 Å². The maximum absolute atomic E-state index is 11.2. The van der Waals surface area contributed by atoms with Crippen molar-refractivity contribution >= 4 is 11.6 Å². The first kappa shape index (κ1) is 11.7. The van der Waals surface area contributed by atoms with E-state index in [-0.39, 0.29) is 16.9 Å². The summed E-state index contributed by atoms with van der Waals surface area (Å²) in [7, 11) is 0. The van der Waals surface area contributed by atoms with Crippen LogP contribution in [0.1, 0.15) is 19.9 Å². The predicted molar refractivity (Wildman–Crippen MR) is 62.6 cm³/mol. The highest BCUT2D eigenvalue weighted by Gasteiger charge is 2.10. The maximum Gasteiger partial charge on any atom is 0.273 e. The Bertz CT molecular complexity index is 576. The Morgan fingerprint density at radius 1 is 1.53 bits per heavy atom. The van der Waals surface area contributed by atoms with Crippen molar-refractivity contribution in [1.29, 1.82) is 0 Å². The standard InChI is InChI=1S/C10H11ClN4O2/c1-6(2)15-4-7(3-14-15)17-10-8(11)9(16)12-5-13-10/h3-6H,1-2H3,(H,12,13,16). The fourth-order valence-electron chi connectivity index (χ4n) is 1.21. The molecule has 0 aliphatic rings. The predicted octanol–water partition coefficient (Wildman–Crippen LogP) is 1.99. The third-order valence-electron chi connectivity index (χ3n) is 2.09. The summed E-state index contributed by atoms with van der Waals surface area (Å²) in [5.74, 6) is 0.553. The van der Waals surface area contributed by atoms with Crippen LogP contribution in [-0.2, 0) is 0 Å². The van der Waals surface area contributed by atoms with Crippen LogP contribution in [0.25, 0.3) is 0 Å². The van der Waals surface area contributed by atoms with E-state index in [1.807, 2.05) is 13.8 Å². The molecule has 0 aromatic carbocycles. The van der Waals surface area contributed by atoms with Crippen LogP contribution in [0.2, 0.25) is 5.02 Å². The molecule has 2 aromatic rings. The molecule has 0 aliphatic heterocycles. The number of halogens is 1. The number of nitrogens with one attached hydrogen (secondary N) is 1. The molecule has 0 amide bonds. The average Bonchev–Trinajstić information content (AvgIpc) is 2.73. The summed E-state index contributed by atoms with van der Waals surface area (Å²) in [6.45, 7) is 3.99. The van der Waals surface area contributed by atoms with Crippen LogP contribution in [0.5, 0.6) is 11.6 Å². The van der Waals surface area contributed by atoms with Crippen molar-refractivity contribution in [2.75, 3.05) is 0 Å². The minimum absolute atomic E-state index is 0.0683. The molecule has 2 rings (SSSR count). The molecule has 0 bridgehead atoms. The van der Waals surface area contributed by atoms with E-state index in [1.54, 1.807) is 17.1 Å². The first-order valence-corrected chi connectivity index (χ1v) is 5.41. The van der Waals surface area contributed by atoms with Crippen molar-refractivity contribution in [2.24, 2.45) is 0 Å². The van der Waals surface area contributed by atoms with E-state index in [9.17, 15) is 4.79 Å². The van der Waals surface area contributed by atoms with Crippen LogP contribution < -0.4 is 10.3 Å². The van der Waals surface area contributed by atoms with Gasteiger partial charge in [0, 0.05) is 6.04 Å². The number of H-pyrrole nitrogens is 1. The highest BCUT2D eigenvalue weighted by molar-refractivity contribution is 6.31. The Kier molecular flexibility index (Phi) is 3.14. The molecule has 1 N–H and O–H groups in total. The van der Waals surface area contributed by atoms with E-state index in [0.717, 1.165) is 0 Å². The number of rotatable bonds is 3. The van der Waals surface area contributed by atoms with Gasteiger partial charge in [0.05, 0.1) is 18.7 Å². The lowest BCUT2D eigenvalue weighted by molar-refractivity contribution is 0.457. The first-order valence-electron chi connectivity index (χ1n) is 5.03. The fourth-order valence-corrected chi connectivity index (χ4v) is 1.35. The van der Waals surface area contributed by atoms with Crippen molar-refractivity contribution in [3.8, 4) is 11.6 Å². The molecule has 17 heavy (non-hydrogen) atoms. The number of hydrogen-bond donors (Lipinski definition) is 1. The molecular formula is C10H11ClN4O2. The first-order chi connectivity index (χ1) is 8.08. The largest absolute Gasteiger partial charge is 0.434 e. The zero-order chi connectivity index (χ0) is 12.4. The van der Waals surface area contributed by atoms with Gasteiger partial charge in [0.2, 0.25) is 5.88 Å². The van der Waals surface area contributed by atoms with E-state index >= 15 is 0 Å². The van der Waals surface area contributed by atoms with Crippen LogP contribution in [-0.4, -0.2) is 19.7 Å². The van der Waals surface area contributed by atoms with Crippen LogP contribution in [0.15, 0.2) is 23.5 Å². The van der Waals surface area contributed by atoms with Gasteiger partial charge in [0.25, 0.3) is 5.56 Å². The van der Waals surface area contributed by atoms with E-state index < -0.39 is 5.56 Å². The van der Waals surface area contributed by atoms with Crippen molar-refractivity contribution in [3.05, 3.63) is 34.1 Å². The third kappa shape index (κ3) is 2.47. The van der Waals surface area contributed by atoms with E-state index in [0.29, 0.717) is 5.75 Å². The highest BCUT2D eigenvalue weighted by atomic mass is 35.5. The Balaban J connectivity index is 2.25. The molecule has 2 heterocycles. The molecule has 0 aliphatic carbocycles. The summed E-state index contributed by atoms with van der Waals surface area (Å²) >= 11 is 5.75. The molecule has 0 fully saturated rings. The van der Waals surface area contributed by atoms with Crippen molar-refractivity contribution in [1.82, 2.24) is 19.7 Å². The SMILES string of the molecule is CC(C)n1cc(Oc2nc[nH]c(=O)c2Cl)cn1. The van der Waals surface area contributed by atoms with Crippen molar-refractivity contribution in [3.63, 3.8) is 0 Å². The average molecular weight is 255 g/mol. The van der Waals surface area contributed by atoms with Gasteiger partial charge in [0.1, 0.15) is 0 Å². The van der Waals surface area contributed by atoms with Gasteiger partial charge in [-0.15, -0.1) is 0 Å². The zero-order valence-corrected chi connectivity index (χ0v) is 10.1. The molecule has 90 valence electrons. The quantitative estimate of drug-likeness (QED) is 0.909. The summed E-state index contributed by atoms with van der Waals surface area (Å²) in [6, 6.07) is 0.231. The Hall–Kier alpha value is -1.82. The second kappa shape index (κ2) is 4.58. The Morgan fingerprint density at radius 2 is 2.29 bits per heavy atom. The molecule has 0 saturated carbocycles. The zero-order valence-electron chi connectivity index (χ0n) is 9.35. The Labute approximate surface area is 102 Å². The van der Waals surface area contributed by atoms with Crippen LogP contribution in [0, 0.1) is 0 Å². The molecule has 0 spiro atoms. The maximum atomic E-state index is 11.2. The summed E-state index contributed by atoms with van der Waals surface area (Å²) in [5.41, 5.74) is -0.437. The molecule has 2 aromatic heterocycles. The fraction of sp³-hybridized carbons (Fsp3) is 0.300. The molecule has 0 unspecified atom stereocenters. The normalized spacial score (nSPS) is 10.8. The lowest BCUT2D eigenvalue weighted by Gasteiger charge is -2.04. The van der Waals surface area contributed by atoms with Crippen molar-refractivity contribution < 1.29 is 4.74 Å². The lowest BCUT2D eigenvalue weighted by Crippen LogP contribution is -2.07. The molecule has 0 radical (unpaired) electrons. The lowest BCUT2D eigenvalue weighted by atomic mass is 10.4. The molecule has 7 heteroatoms. The van der Waals surface area contributed by atoms with Crippen molar-refractivity contribution in [2.45, 2.75) is 19.9 Å². The summed E-state index contributed by atoms with van der Waals surface area (Å²) < 4.78 is 7.11. The minimum atomic E-state index is -0.437. The van der Waals surface area contributed by atoms with E-state index in [1.165, 1.54) is 6.33 Å². The van der Waals surface area contributed by atoms with E-state index in [2.05, 4.69) is 15.1 Å². The Morgan fingerprint density at radius 3 is 2.94 bits per heavy atom. The highest BCUT2D eigenvalue weighted by Crippen LogP contribution is 2.23. The van der Waals surface area contributed by atoms with E-state index in [4.69, 9.17) is 16.3 Å². The smallest absolute Gasteiger partial charge is 0.273 e. The van der Waals surface area contributed by atoms with Gasteiger partial charge in [-0.3, -0.25) is 9.48 Å². The minimum Gasteiger partial charge on any atom is -0.434 e. The second-order valence-electron chi connectivity index (χ2n) is 3.70. The second-order valence-corrected chi connectivity index (χ2v) is 4.08. The molecule has 0 saturated heterocycles. The van der Waals surface area contributed by atoms with Gasteiger partial charge in [-0.1, -0.05) is 11.6 Å². The van der Waals surface area contributed by atoms with Gasteiger partial charge in [-0.2, -0.15) is 5.10 Å². The topological polar surface area (TPSA) is 72.8 Å². The summed E-state index contributed by atoms with van der Waals surface area (Å²) in [6.07, 6.45) is 4.49. The molecule has 6 nitrogen and oxygen atoms in total. The molecule has 0 atom stereocenters. The molecular weight excluding hydrogens is 244 g/mol. The van der Waals surface area contributed by atoms with Gasteiger partial charge in [0.15, 0.2) is 10.8 Å². The van der Waals surface area contributed by atoms with Crippen LogP contribution >= 0.6 is 11.6 Å². The number of ether oxygens (including phenoxy) is 1.